The summed E-state index contributed by atoms with van der Waals surface area (Å²) in [5.74, 6) is 1.13. The molecule has 17 heavy (non-hydrogen) atoms. The van der Waals surface area contributed by atoms with Crippen molar-refractivity contribution < 1.29 is 9.21 Å². The van der Waals surface area contributed by atoms with Crippen molar-refractivity contribution in [3.8, 4) is 0 Å². The molecule has 4 heteroatoms. The summed E-state index contributed by atoms with van der Waals surface area (Å²) < 4.78 is 5.41. The number of fused-ring (bicyclic) bond motifs is 1. The highest BCUT2D eigenvalue weighted by molar-refractivity contribution is 5.78. The van der Waals surface area contributed by atoms with Gasteiger partial charge in [-0.25, -0.2) is 0 Å². The molecule has 1 unspecified atom stereocenters. The Kier molecular flexibility index (Phi) is 2.89. The van der Waals surface area contributed by atoms with Gasteiger partial charge in [0.25, 0.3) is 0 Å². The van der Waals surface area contributed by atoms with Crippen molar-refractivity contribution >= 4 is 5.91 Å². The van der Waals surface area contributed by atoms with E-state index in [1.54, 1.807) is 6.26 Å². The Morgan fingerprint density at radius 3 is 3.12 bits per heavy atom. The molecule has 2 aliphatic carbocycles. The molecule has 0 aliphatic heterocycles. The molecule has 92 valence electrons. The van der Waals surface area contributed by atoms with Gasteiger partial charge >= 0.3 is 0 Å². The van der Waals surface area contributed by atoms with Gasteiger partial charge in [0.1, 0.15) is 5.76 Å². The van der Waals surface area contributed by atoms with Crippen molar-refractivity contribution in [3.63, 3.8) is 0 Å². The van der Waals surface area contributed by atoms with Gasteiger partial charge in [-0.3, -0.25) is 4.79 Å². The zero-order valence-corrected chi connectivity index (χ0v) is 9.87. The molecule has 1 saturated carbocycles. The zero-order valence-electron chi connectivity index (χ0n) is 9.87. The molecule has 1 heterocycles. The number of hydrogen-bond donors (Lipinski definition) is 2. The number of furan rings is 1. The van der Waals surface area contributed by atoms with Gasteiger partial charge in [-0.1, -0.05) is 0 Å². The largest absolute Gasteiger partial charge is 0.469 e. The summed E-state index contributed by atoms with van der Waals surface area (Å²) in [6.07, 6.45) is 7.24. The molecule has 1 amide bonds. The van der Waals surface area contributed by atoms with Gasteiger partial charge in [0.2, 0.25) is 5.91 Å². The average Bonchev–Trinajstić information content (AvgIpc) is 3.03. The van der Waals surface area contributed by atoms with Crippen LogP contribution in [0.1, 0.15) is 43.0 Å². The molecule has 0 aromatic carbocycles. The smallest absolute Gasteiger partial charge is 0.234 e. The SMILES string of the molecule is O=C(CNC1CC1)NC1CCCc2occc21. The quantitative estimate of drug-likeness (QED) is 0.830. The fourth-order valence-electron chi connectivity index (χ4n) is 2.41. The summed E-state index contributed by atoms with van der Waals surface area (Å²) in [6, 6.07) is 2.70. The second kappa shape index (κ2) is 4.53. The summed E-state index contributed by atoms with van der Waals surface area (Å²) in [5.41, 5.74) is 1.16. The third-order valence-electron chi connectivity index (χ3n) is 3.52. The Balaban J connectivity index is 1.56. The number of carbonyl (C=O) groups excluding carboxylic acids is 1. The topological polar surface area (TPSA) is 54.3 Å². The van der Waals surface area contributed by atoms with Crippen molar-refractivity contribution in [1.29, 1.82) is 0 Å². The van der Waals surface area contributed by atoms with Gasteiger partial charge in [0, 0.05) is 18.0 Å². The van der Waals surface area contributed by atoms with E-state index in [9.17, 15) is 4.79 Å². The monoisotopic (exact) mass is 234 g/mol. The molecule has 1 fully saturated rings. The first-order valence-electron chi connectivity index (χ1n) is 6.42. The summed E-state index contributed by atoms with van der Waals surface area (Å²) in [7, 11) is 0. The molecule has 1 aromatic rings. The highest BCUT2D eigenvalue weighted by atomic mass is 16.3. The fourth-order valence-corrected chi connectivity index (χ4v) is 2.41. The number of aryl methyl sites for hydroxylation is 1. The van der Waals surface area contributed by atoms with Gasteiger partial charge in [-0.2, -0.15) is 0 Å². The van der Waals surface area contributed by atoms with E-state index in [1.807, 2.05) is 6.07 Å². The predicted octanol–water partition coefficient (Wildman–Crippen LogP) is 1.53. The number of carbonyl (C=O) groups is 1. The van der Waals surface area contributed by atoms with E-state index in [0.29, 0.717) is 12.6 Å². The third kappa shape index (κ3) is 2.52. The normalized spacial score (nSPS) is 23.2. The van der Waals surface area contributed by atoms with E-state index in [2.05, 4.69) is 10.6 Å². The Bertz CT molecular complexity index is 409. The van der Waals surface area contributed by atoms with E-state index in [-0.39, 0.29) is 11.9 Å². The predicted molar refractivity (Wildman–Crippen MR) is 63.6 cm³/mol. The van der Waals surface area contributed by atoms with Gasteiger partial charge in [0.05, 0.1) is 18.8 Å². The Morgan fingerprint density at radius 2 is 2.29 bits per heavy atom. The van der Waals surface area contributed by atoms with Crippen LogP contribution in [-0.2, 0) is 11.2 Å². The molecule has 3 rings (SSSR count). The Morgan fingerprint density at radius 1 is 1.41 bits per heavy atom. The van der Waals surface area contributed by atoms with Crippen molar-refractivity contribution in [2.75, 3.05) is 6.54 Å². The Labute approximate surface area is 101 Å². The van der Waals surface area contributed by atoms with Crippen LogP contribution in [0, 0.1) is 0 Å². The van der Waals surface area contributed by atoms with Crippen molar-refractivity contribution in [2.24, 2.45) is 0 Å². The fraction of sp³-hybridized carbons (Fsp3) is 0.615. The van der Waals surface area contributed by atoms with Crippen LogP contribution in [0.3, 0.4) is 0 Å². The maximum atomic E-state index is 11.8. The molecule has 0 radical (unpaired) electrons. The van der Waals surface area contributed by atoms with Crippen molar-refractivity contribution in [1.82, 2.24) is 10.6 Å². The standard InChI is InChI=1S/C13H18N2O2/c16-13(8-14-9-4-5-9)15-11-2-1-3-12-10(11)6-7-17-12/h6-7,9,11,14H,1-5,8H2,(H,15,16). The Hall–Kier alpha value is -1.29. The van der Waals surface area contributed by atoms with Crippen LogP contribution in [0.2, 0.25) is 0 Å². The minimum absolute atomic E-state index is 0.0935. The average molecular weight is 234 g/mol. The molecule has 1 atom stereocenters. The van der Waals surface area contributed by atoms with Gasteiger partial charge in [-0.05, 0) is 31.7 Å². The van der Waals surface area contributed by atoms with Crippen LogP contribution < -0.4 is 10.6 Å². The van der Waals surface area contributed by atoms with Crippen LogP contribution in [0.25, 0.3) is 0 Å². The van der Waals surface area contributed by atoms with E-state index < -0.39 is 0 Å². The lowest BCUT2D eigenvalue weighted by Crippen LogP contribution is -2.37. The number of hydrogen-bond acceptors (Lipinski definition) is 3. The molecule has 2 N–H and O–H groups in total. The number of amides is 1. The second-order valence-electron chi connectivity index (χ2n) is 4.97. The van der Waals surface area contributed by atoms with Crippen LogP contribution >= 0.6 is 0 Å². The minimum Gasteiger partial charge on any atom is -0.469 e. The maximum absolute atomic E-state index is 11.8. The molecule has 0 saturated heterocycles. The van der Waals surface area contributed by atoms with Gasteiger partial charge in [-0.15, -0.1) is 0 Å². The lowest BCUT2D eigenvalue weighted by atomic mass is 9.93. The second-order valence-corrected chi connectivity index (χ2v) is 4.97. The number of nitrogens with one attached hydrogen (secondary N) is 2. The molecular weight excluding hydrogens is 216 g/mol. The van der Waals surface area contributed by atoms with Gasteiger partial charge in [0.15, 0.2) is 0 Å². The maximum Gasteiger partial charge on any atom is 0.234 e. The molecular formula is C13H18N2O2. The highest BCUT2D eigenvalue weighted by Gasteiger charge is 2.25. The third-order valence-corrected chi connectivity index (χ3v) is 3.52. The first kappa shape index (κ1) is 10.8. The number of rotatable bonds is 4. The molecule has 4 nitrogen and oxygen atoms in total. The van der Waals surface area contributed by atoms with Crippen LogP contribution in [-0.4, -0.2) is 18.5 Å². The molecule has 0 bridgehead atoms. The van der Waals surface area contributed by atoms with E-state index >= 15 is 0 Å². The van der Waals surface area contributed by atoms with Gasteiger partial charge < -0.3 is 15.1 Å². The summed E-state index contributed by atoms with van der Waals surface area (Å²) in [6.45, 7) is 0.439. The molecule has 0 spiro atoms. The molecule has 1 aromatic heterocycles. The first-order valence-corrected chi connectivity index (χ1v) is 6.42. The van der Waals surface area contributed by atoms with E-state index in [0.717, 1.165) is 30.6 Å². The van der Waals surface area contributed by atoms with Crippen LogP contribution in [0.5, 0.6) is 0 Å². The lowest BCUT2D eigenvalue weighted by molar-refractivity contribution is -0.121. The zero-order chi connectivity index (χ0) is 11.7. The van der Waals surface area contributed by atoms with Crippen LogP contribution in [0.4, 0.5) is 0 Å². The summed E-state index contributed by atoms with van der Waals surface area (Å²) in [5, 5.41) is 6.31. The minimum atomic E-state index is 0.0935. The summed E-state index contributed by atoms with van der Waals surface area (Å²) in [4.78, 5) is 11.8. The highest BCUT2D eigenvalue weighted by Crippen LogP contribution is 2.30. The van der Waals surface area contributed by atoms with E-state index in [1.165, 1.54) is 12.8 Å². The van der Waals surface area contributed by atoms with Crippen LogP contribution in [0.15, 0.2) is 16.7 Å². The van der Waals surface area contributed by atoms with Crippen molar-refractivity contribution in [3.05, 3.63) is 23.7 Å². The summed E-state index contributed by atoms with van der Waals surface area (Å²) >= 11 is 0. The van der Waals surface area contributed by atoms with E-state index in [4.69, 9.17) is 4.42 Å². The lowest BCUT2D eigenvalue weighted by Gasteiger charge is -2.22. The first-order chi connectivity index (χ1) is 8.33. The molecule has 2 aliphatic rings. The van der Waals surface area contributed by atoms with Crippen molar-refractivity contribution in [2.45, 2.75) is 44.2 Å².